The van der Waals surface area contributed by atoms with Crippen LogP contribution in [0.1, 0.15) is 40.0 Å². The van der Waals surface area contributed by atoms with Crippen molar-refractivity contribution in [2.75, 3.05) is 5.32 Å². The van der Waals surface area contributed by atoms with Crippen LogP contribution in [0.15, 0.2) is 18.2 Å². The molecule has 0 radical (unpaired) electrons. The maximum atomic E-state index is 12.2. The van der Waals surface area contributed by atoms with Gasteiger partial charge in [-0.15, -0.1) is 0 Å². The first kappa shape index (κ1) is 19.6. The minimum absolute atomic E-state index is 0.0409. The van der Waals surface area contributed by atoms with Crippen molar-refractivity contribution in [2.24, 2.45) is 17.8 Å². The van der Waals surface area contributed by atoms with Gasteiger partial charge in [0.15, 0.2) is 0 Å². The Kier molecular flexibility index (Phi) is 6.12. The zero-order valence-corrected chi connectivity index (χ0v) is 15.0. The molecule has 142 valence electrons. The second-order valence-electron chi connectivity index (χ2n) is 7.15. The van der Waals surface area contributed by atoms with Crippen LogP contribution < -0.4 is 5.32 Å². The van der Waals surface area contributed by atoms with E-state index in [9.17, 15) is 25.0 Å². The molecule has 1 aliphatic carbocycles. The first-order chi connectivity index (χ1) is 12.2. The summed E-state index contributed by atoms with van der Waals surface area (Å²) in [5.41, 5.74) is -0.984. The summed E-state index contributed by atoms with van der Waals surface area (Å²) in [4.78, 5) is 32.6. The van der Waals surface area contributed by atoms with Crippen LogP contribution in [0.2, 0.25) is 0 Å². The number of non-ortho nitro benzene ring substituents is 2. The van der Waals surface area contributed by atoms with Crippen molar-refractivity contribution in [1.82, 2.24) is 0 Å². The number of hydrogen-bond acceptors (Lipinski definition) is 6. The summed E-state index contributed by atoms with van der Waals surface area (Å²) in [5, 5.41) is 24.2. The Labute approximate surface area is 151 Å². The third kappa shape index (κ3) is 4.90. The largest absolute Gasteiger partial charge is 0.446 e. The summed E-state index contributed by atoms with van der Waals surface area (Å²) in [6.45, 7) is 6.27. The lowest BCUT2D eigenvalue weighted by atomic mass is 9.75. The lowest BCUT2D eigenvalue weighted by Crippen LogP contribution is -2.36. The molecule has 0 aromatic heterocycles. The summed E-state index contributed by atoms with van der Waals surface area (Å²) < 4.78 is 5.55. The number of carbonyl (C=O) groups is 1. The molecular weight excluding hydrogens is 342 g/mol. The molecule has 0 bridgehead atoms. The van der Waals surface area contributed by atoms with Crippen molar-refractivity contribution < 1.29 is 19.4 Å². The molecule has 2 rings (SSSR count). The monoisotopic (exact) mass is 365 g/mol. The van der Waals surface area contributed by atoms with Gasteiger partial charge in [0.25, 0.3) is 11.4 Å². The Bertz CT molecular complexity index is 673. The van der Waals surface area contributed by atoms with Crippen molar-refractivity contribution in [1.29, 1.82) is 0 Å². The molecule has 0 saturated heterocycles. The van der Waals surface area contributed by atoms with Crippen LogP contribution in [0.25, 0.3) is 0 Å². The van der Waals surface area contributed by atoms with E-state index >= 15 is 0 Å². The van der Waals surface area contributed by atoms with Crippen molar-refractivity contribution >= 4 is 23.2 Å². The van der Waals surface area contributed by atoms with Gasteiger partial charge in [-0.3, -0.25) is 25.5 Å². The van der Waals surface area contributed by atoms with E-state index in [4.69, 9.17) is 4.74 Å². The van der Waals surface area contributed by atoms with Crippen LogP contribution >= 0.6 is 0 Å². The van der Waals surface area contributed by atoms with E-state index in [1.807, 2.05) is 0 Å². The van der Waals surface area contributed by atoms with Gasteiger partial charge in [0.05, 0.1) is 21.6 Å². The molecule has 26 heavy (non-hydrogen) atoms. The molecule has 0 spiro atoms. The van der Waals surface area contributed by atoms with Crippen molar-refractivity contribution in [3.05, 3.63) is 38.4 Å². The minimum atomic E-state index is -0.760. The topological polar surface area (TPSA) is 125 Å². The van der Waals surface area contributed by atoms with Gasteiger partial charge < -0.3 is 4.74 Å². The number of nitro groups is 2. The van der Waals surface area contributed by atoms with Crippen LogP contribution in [0.4, 0.5) is 21.9 Å². The molecule has 0 heterocycles. The molecule has 3 unspecified atom stereocenters. The summed E-state index contributed by atoms with van der Waals surface area (Å²) in [6.07, 6.45) is 1.81. The lowest BCUT2D eigenvalue weighted by molar-refractivity contribution is -0.394. The van der Waals surface area contributed by atoms with Crippen LogP contribution in [-0.4, -0.2) is 22.0 Å². The summed E-state index contributed by atoms with van der Waals surface area (Å²) >= 11 is 0. The number of amides is 1. The highest BCUT2D eigenvalue weighted by Gasteiger charge is 2.33. The van der Waals surface area contributed by atoms with Crippen molar-refractivity contribution in [2.45, 2.75) is 46.1 Å². The van der Waals surface area contributed by atoms with Gasteiger partial charge in [-0.2, -0.15) is 0 Å². The number of benzene rings is 1. The van der Waals surface area contributed by atoms with Gasteiger partial charge in [0, 0.05) is 12.1 Å². The first-order valence-corrected chi connectivity index (χ1v) is 8.59. The fraction of sp³-hybridized carbons (Fsp3) is 0.588. The maximum Gasteiger partial charge on any atom is 0.411 e. The number of carbonyl (C=O) groups excluding carboxylic acids is 1. The number of nitrogens with zero attached hydrogens (tertiary/aromatic N) is 2. The average Bonchev–Trinajstić information content (AvgIpc) is 2.53. The van der Waals surface area contributed by atoms with Gasteiger partial charge in [0.2, 0.25) is 0 Å². The molecule has 1 N–H and O–H groups in total. The van der Waals surface area contributed by atoms with Crippen LogP contribution in [0.5, 0.6) is 0 Å². The smallest absolute Gasteiger partial charge is 0.411 e. The Morgan fingerprint density at radius 2 is 1.73 bits per heavy atom. The highest BCUT2D eigenvalue weighted by Crippen LogP contribution is 2.35. The maximum absolute atomic E-state index is 12.2. The fourth-order valence-corrected chi connectivity index (χ4v) is 3.41. The fourth-order valence-electron chi connectivity index (χ4n) is 3.41. The number of nitro benzene ring substituents is 2. The third-order valence-corrected chi connectivity index (χ3v) is 4.79. The predicted octanol–water partition coefficient (Wildman–Crippen LogP) is 4.51. The van der Waals surface area contributed by atoms with E-state index in [0.29, 0.717) is 11.8 Å². The summed E-state index contributed by atoms with van der Waals surface area (Å²) in [7, 11) is 0. The van der Waals surface area contributed by atoms with Crippen LogP contribution in [-0.2, 0) is 4.74 Å². The summed E-state index contributed by atoms with van der Waals surface area (Å²) in [5.74, 6) is 1.05. The average molecular weight is 365 g/mol. The molecule has 9 heteroatoms. The molecule has 1 amide bonds. The molecule has 1 saturated carbocycles. The number of hydrogen-bond donors (Lipinski definition) is 1. The SMILES string of the molecule is CC1CCC(C(C)C)C(OC(=O)Nc2cc([N+](=O)[O-])cc([N+](=O)[O-])c2)C1. The van der Waals surface area contributed by atoms with Crippen LogP contribution in [0.3, 0.4) is 0 Å². The van der Waals surface area contributed by atoms with E-state index in [1.165, 1.54) is 0 Å². The molecule has 1 aromatic carbocycles. The van der Waals surface area contributed by atoms with Gasteiger partial charge in [-0.25, -0.2) is 4.79 Å². The molecule has 1 aromatic rings. The Balaban J connectivity index is 2.13. The molecular formula is C17H23N3O6. The lowest BCUT2D eigenvalue weighted by Gasteiger charge is -2.36. The summed E-state index contributed by atoms with van der Waals surface area (Å²) in [6, 6.07) is 2.98. The first-order valence-electron chi connectivity index (χ1n) is 8.59. The Morgan fingerprint density at radius 1 is 1.15 bits per heavy atom. The standard InChI is InChI=1S/C17H23N3O6/c1-10(2)15-5-4-11(3)6-16(15)26-17(21)18-12-7-13(19(22)23)9-14(8-12)20(24)25/h7-11,15-16H,4-6H2,1-3H3,(H,18,21). The van der Waals surface area contributed by atoms with E-state index in [1.54, 1.807) is 0 Å². The van der Waals surface area contributed by atoms with Crippen LogP contribution in [0, 0.1) is 38.0 Å². The number of rotatable bonds is 5. The molecule has 9 nitrogen and oxygen atoms in total. The van der Waals surface area contributed by atoms with E-state index in [-0.39, 0.29) is 17.7 Å². The molecule has 1 fully saturated rings. The molecule has 1 aliphatic rings. The minimum Gasteiger partial charge on any atom is -0.446 e. The molecule has 3 atom stereocenters. The number of anilines is 1. The predicted molar refractivity (Wildman–Crippen MR) is 95.0 cm³/mol. The second-order valence-corrected chi connectivity index (χ2v) is 7.15. The quantitative estimate of drug-likeness (QED) is 0.604. The Hall–Kier alpha value is -2.71. The van der Waals surface area contributed by atoms with E-state index < -0.39 is 27.3 Å². The van der Waals surface area contributed by atoms with Crippen molar-refractivity contribution in [3.63, 3.8) is 0 Å². The number of nitrogens with one attached hydrogen (secondary N) is 1. The third-order valence-electron chi connectivity index (χ3n) is 4.79. The van der Waals surface area contributed by atoms with Gasteiger partial charge in [-0.1, -0.05) is 27.2 Å². The normalized spacial score (nSPS) is 22.7. The Morgan fingerprint density at radius 3 is 2.23 bits per heavy atom. The van der Waals surface area contributed by atoms with Gasteiger partial charge >= 0.3 is 6.09 Å². The second kappa shape index (κ2) is 8.11. The zero-order valence-electron chi connectivity index (χ0n) is 15.0. The molecule has 0 aliphatic heterocycles. The zero-order chi connectivity index (χ0) is 19.4. The van der Waals surface area contributed by atoms with Gasteiger partial charge in [-0.05, 0) is 30.6 Å². The highest BCUT2D eigenvalue weighted by atomic mass is 16.6. The van der Waals surface area contributed by atoms with Crippen molar-refractivity contribution in [3.8, 4) is 0 Å². The highest BCUT2D eigenvalue weighted by molar-refractivity contribution is 5.86. The number of ether oxygens (including phenoxy) is 1. The van der Waals surface area contributed by atoms with E-state index in [0.717, 1.165) is 37.5 Å². The van der Waals surface area contributed by atoms with E-state index in [2.05, 4.69) is 26.1 Å². The van der Waals surface area contributed by atoms with Gasteiger partial charge in [0.1, 0.15) is 6.10 Å².